The zero-order chi connectivity index (χ0) is 18.6. The summed E-state index contributed by atoms with van der Waals surface area (Å²) in [5, 5.41) is 19.3. The Morgan fingerprint density at radius 3 is 2.31 bits per heavy atom. The second-order valence-electron chi connectivity index (χ2n) is 8.33. The summed E-state index contributed by atoms with van der Waals surface area (Å²) in [6.45, 7) is 0.928. The molecule has 0 aromatic heterocycles. The number of carboxylic acids is 1. The van der Waals surface area contributed by atoms with Gasteiger partial charge in [-0.3, -0.25) is 4.79 Å². The summed E-state index contributed by atoms with van der Waals surface area (Å²) in [7, 11) is 2.09. The van der Waals surface area contributed by atoms with E-state index in [0.29, 0.717) is 12.0 Å². The Balaban J connectivity index is 1.81. The molecule has 0 spiro atoms. The van der Waals surface area contributed by atoms with Gasteiger partial charge in [-0.2, -0.15) is 0 Å². The van der Waals surface area contributed by atoms with E-state index in [1.807, 2.05) is 30.3 Å². The van der Waals surface area contributed by atoms with Gasteiger partial charge in [0.25, 0.3) is 0 Å². The van der Waals surface area contributed by atoms with E-state index >= 15 is 0 Å². The number of hydrogen-bond acceptors (Lipinski definition) is 3. The van der Waals surface area contributed by atoms with Crippen LogP contribution in [0.1, 0.15) is 62.8 Å². The van der Waals surface area contributed by atoms with Gasteiger partial charge >= 0.3 is 5.97 Å². The standard InChI is InChI=1S/C22H33NO3/c1-23(15-16-24)19-11-9-18(10-12-19)22(13-5-6-14-22)20(21(25)26)17-7-3-2-4-8-17/h2-4,7-8,18-20,24H,5-6,9-16H2,1H3,(H,25,26). The van der Waals surface area contributed by atoms with E-state index in [-0.39, 0.29) is 17.9 Å². The van der Waals surface area contributed by atoms with E-state index < -0.39 is 5.97 Å². The molecular weight excluding hydrogens is 326 g/mol. The molecule has 2 aliphatic carbocycles. The van der Waals surface area contributed by atoms with Crippen molar-refractivity contribution in [1.29, 1.82) is 0 Å². The largest absolute Gasteiger partial charge is 0.481 e. The first kappa shape index (κ1) is 19.4. The summed E-state index contributed by atoms with van der Waals surface area (Å²) in [5.74, 6) is -0.550. The first-order chi connectivity index (χ1) is 12.6. The van der Waals surface area contributed by atoms with Crippen LogP contribution in [-0.2, 0) is 4.79 Å². The molecule has 1 atom stereocenters. The monoisotopic (exact) mass is 359 g/mol. The van der Waals surface area contributed by atoms with Crippen LogP contribution < -0.4 is 0 Å². The van der Waals surface area contributed by atoms with Gasteiger partial charge < -0.3 is 15.1 Å². The van der Waals surface area contributed by atoms with Crippen molar-refractivity contribution in [2.45, 2.75) is 63.3 Å². The van der Waals surface area contributed by atoms with Gasteiger partial charge in [0, 0.05) is 12.6 Å². The number of carbonyl (C=O) groups is 1. The van der Waals surface area contributed by atoms with E-state index in [9.17, 15) is 15.0 Å². The highest BCUT2D eigenvalue weighted by Gasteiger charge is 2.51. The maximum atomic E-state index is 12.4. The fourth-order valence-electron chi connectivity index (χ4n) is 5.76. The maximum Gasteiger partial charge on any atom is 0.311 e. The average molecular weight is 360 g/mol. The number of hydrogen-bond donors (Lipinski definition) is 2. The van der Waals surface area contributed by atoms with Crippen molar-refractivity contribution in [1.82, 2.24) is 4.90 Å². The lowest BCUT2D eigenvalue weighted by Gasteiger charge is -2.46. The van der Waals surface area contributed by atoms with Crippen LogP contribution in [0.2, 0.25) is 0 Å². The molecule has 26 heavy (non-hydrogen) atoms. The minimum Gasteiger partial charge on any atom is -0.481 e. The summed E-state index contributed by atoms with van der Waals surface area (Å²) in [6.07, 6.45) is 8.84. The molecule has 4 nitrogen and oxygen atoms in total. The number of benzene rings is 1. The highest BCUT2D eigenvalue weighted by atomic mass is 16.4. The predicted octanol–water partition coefficient (Wildman–Crippen LogP) is 3.90. The second kappa shape index (κ2) is 8.53. The number of aliphatic carboxylic acids is 1. The Hall–Kier alpha value is -1.39. The minimum absolute atomic E-state index is 0.0896. The molecule has 0 heterocycles. The predicted molar refractivity (Wildman–Crippen MR) is 103 cm³/mol. The van der Waals surface area contributed by atoms with Crippen LogP contribution in [0.5, 0.6) is 0 Å². The SMILES string of the molecule is CN(CCO)C1CCC(C2(C(C(=O)O)c3ccccc3)CCCC2)CC1. The summed E-state index contributed by atoms with van der Waals surface area (Å²) >= 11 is 0. The lowest BCUT2D eigenvalue weighted by atomic mass is 9.59. The van der Waals surface area contributed by atoms with Crippen molar-refractivity contribution in [2.24, 2.45) is 11.3 Å². The highest BCUT2D eigenvalue weighted by molar-refractivity contribution is 5.77. The summed E-state index contributed by atoms with van der Waals surface area (Å²) in [4.78, 5) is 14.6. The first-order valence-electron chi connectivity index (χ1n) is 10.2. The third kappa shape index (κ3) is 3.81. The third-order valence-electron chi connectivity index (χ3n) is 7.08. The van der Waals surface area contributed by atoms with Crippen molar-refractivity contribution >= 4 is 5.97 Å². The molecule has 2 N–H and O–H groups in total. The Morgan fingerprint density at radius 1 is 1.15 bits per heavy atom. The quantitative estimate of drug-likeness (QED) is 0.775. The van der Waals surface area contributed by atoms with E-state index in [1.54, 1.807) is 0 Å². The molecular formula is C22H33NO3. The van der Waals surface area contributed by atoms with Crippen molar-refractivity contribution in [3.8, 4) is 0 Å². The maximum absolute atomic E-state index is 12.4. The highest BCUT2D eigenvalue weighted by Crippen LogP contribution is 2.57. The van der Waals surface area contributed by atoms with Crippen molar-refractivity contribution < 1.29 is 15.0 Å². The van der Waals surface area contributed by atoms with Crippen LogP contribution in [0.3, 0.4) is 0 Å². The second-order valence-corrected chi connectivity index (χ2v) is 8.33. The van der Waals surface area contributed by atoms with E-state index in [0.717, 1.165) is 63.5 Å². The van der Waals surface area contributed by atoms with Gasteiger partial charge in [0.15, 0.2) is 0 Å². The van der Waals surface area contributed by atoms with Gasteiger partial charge in [-0.25, -0.2) is 0 Å². The lowest BCUT2D eigenvalue weighted by molar-refractivity contribution is -0.144. The van der Waals surface area contributed by atoms with E-state index in [1.165, 1.54) is 0 Å². The molecule has 0 saturated heterocycles. The van der Waals surface area contributed by atoms with Crippen LogP contribution in [0.4, 0.5) is 0 Å². The van der Waals surface area contributed by atoms with Gasteiger partial charge in [-0.05, 0) is 62.5 Å². The molecule has 2 aliphatic rings. The van der Waals surface area contributed by atoms with Gasteiger partial charge in [0.2, 0.25) is 0 Å². The van der Waals surface area contributed by atoms with E-state index in [4.69, 9.17) is 0 Å². The van der Waals surface area contributed by atoms with Crippen LogP contribution in [0.15, 0.2) is 30.3 Å². The van der Waals surface area contributed by atoms with Crippen molar-refractivity contribution in [3.63, 3.8) is 0 Å². The first-order valence-corrected chi connectivity index (χ1v) is 10.2. The smallest absolute Gasteiger partial charge is 0.311 e. The minimum atomic E-state index is -0.655. The molecule has 1 aromatic rings. The molecule has 0 bridgehead atoms. The summed E-state index contributed by atoms with van der Waals surface area (Å²) < 4.78 is 0. The molecule has 3 rings (SSSR count). The molecule has 4 heteroatoms. The normalized spacial score (nSPS) is 26.7. The molecule has 2 saturated carbocycles. The van der Waals surface area contributed by atoms with Crippen molar-refractivity contribution in [3.05, 3.63) is 35.9 Å². The Labute approximate surface area is 157 Å². The molecule has 0 radical (unpaired) electrons. The number of likely N-dealkylation sites (N-methyl/N-ethyl adjacent to an activating group) is 1. The van der Waals surface area contributed by atoms with Crippen LogP contribution >= 0.6 is 0 Å². The number of nitrogens with zero attached hydrogens (tertiary/aromatic N) is 1. The topological polar surface area (TPSA) is 60.8 Å². The molecule has 0 amide bonds. The Bertz CT molecular complexity index is 574. The van der Waals surface area contributed by atoms with E-state index in [2.05, 4.69) is 11.9 Å². The number of aliphatic hydroxyl groups is 1. The number of aliphatic hydroxyl groups excluding tert-OH is 1. The number of rotatable bonds is 7. The Kier molecular flexibility index (Phi) is 6.36. The summed E-state index contributed by atoms with van der Waals surface area (Å²) in [6, 6.07) is 10.4. The fourth-order valence-corrected chi connectivity index (χ4v) is 5.76. The van der Waals surface area contributed by atoms with Gasteiger partial charge in [0.1, 0.15) is 0 Å². The van der Waals surface area contributed by atoms with Gasteiger partial charge in [-0.15, -0.1) is 0 Å². The van der Waals surface area contributed by atoms with Crippen LogP contribution in [0, 0.1) is 11.3 Å². The molecule has 0 aliphatic heterocycles. The molecule has 1 aromatic carbocycles. The average Bonchev–Trinajstić information content (AvgIpc) is 3.13. The van der Waals surface area contributed by atoms with Crippen LogP contribution in [-0.4, -0.2) is 47.3 Å². The lowest BCUT2D eigenvalue weighted by Crippen LogP contribution is -2.43. The molecule has 144 valence electrons. The molecule has 2 fully saturated rings. The third-order valence-corrected chi connectivity index (χ3v) is 7.08. The molecule has 1 unspecified atom stereocenters. The van der Waals surface area contributed by atoms with Crippen molar-refractivity contribution in [2.75, 3.05) is 20.2 Å². The Morgan fingerprint density at radius 2 is 1.77 bits per heavy atom. The zero-order valence-electron chi connectivity index (χ0n) is 15.9. The number of carboxylic acid groups (broad SMARTS) is 1. The van der Waals surface area contributed by atoms with Gasteiger partial charge in [-0.1, -0.05) is 43.2 Å². The summed E-state index contributed by atoms with van der Waals surface area (Å²) in [5.41, 5.74) is 0.884. The van der Waals surface area contributed by atoms with Crippen LogP contribution in [0.25, 0.3) is 0 Å². The zero-order valence-corrected chi connectivity index (χ0v) is 15.9. The van der Waals surface area contributed by atoms with Gasteiger partial charge in [0.05, 0.1) is 12.5 Å². The fraction of sp³-hybridized carbons (Fsp3) is 0.682.